The van der Waals surface area contributed by atoms with E-state index in [9.17, 15) is 23.1 Å². The van der Waals surface area contributed by atoms with Crippen LogP contribution in [0.25, 0.3) is 11.0 Å². The Hall–Kier alpha value is -4.07. The molecule has 0 spiro atoms. The molecule has 1 unspecified atom stereocenters. The highest BCUT2D eigenvalue weighted by Crippen LogP contribution is 2.39. The number of hydrogen-bond donors (Lipinski definition) is 2. The molecule has 0 saturated carbocycles. The Labute approximate surface area is 246 Å². The smallest absolute Gasteiger partial charge is 0.417 e. The van der Waals surface area contributed by atoms with Gasteiger partial charge in [-0.15, -0.1) is 0 Å². The van der Waals surface area contributed by atoms with E-state index in [1.807, 2.05) is 73.7 Å². The zero-order chi connectivity index (χ0) is 29.9. The Balaban J connectivity index is 1.57. The third kappa shape index (κ3) is 6.53. The van der Waals surface area contributed by atoms with Gasteiger partial charge in [-0.1, -0.05) is 96.5 Å². The minimum Gasteiger partial charge on any atom is -0.481 e. The van der Waals surface area contributed by atoms with Gasteiger partial charge < -0.3 is 14.8 Å². The van der Waals surface area contributed by atoms with Crippen molar-refractivity contribution in [1.29, 1.82) is 0 Å². The molecule has 0 saturated heterocycles. The van der Waals surface area contributed by atoms with Crippen LogP contribution >= 0.6 is 11.6 Å². The number of nitrogens with one attached hydrogen (secondary N) is 1. The van der Waals surface area contributed by atoms with Crippen molar-refractivity contribution >= 4 is 28.5 Å². The molecule has 2 N–H and O–H groups in total. The number of carboxylic acids is 1. The molecule has 4 aromatic carbocycles. The zero-order valence-electron chi connectivity index (χ0n) is 22.8. The number of carbonyl (C=O) groups is 1. The van der Waals surface area contributed by atoms with Gasteiger partial charge in [0.25, 0.3) is 0 Å². The summed E-state index contributed by atoms with van der Waals surface area (Å²) in [6.07, 6.45) is -4.65. The average molecular weight is 592 g/mol. The summed E-state index contributed by atoms with van der Waals surface area (Å²) in [6, 6.07) is 30.9. The monoisotopic (exact) mass is 591 g/mol. The number of hydrogen-bond acceptors (Lipinski definition) is 3. The highest BCUT2D eigenvalue weighted by atomic mass is 35.5. The number of carboxylic acid groups (broad SMARTS) is 1. The largest absolute Gasteiger partial charge is 0.481 e. The van der Waals surface area contributed by atoms with Gasteiger partial charge in [-0.25, -0.2) is 0 Å². The van der Waals surface area contributed by atoms with E-state index in [2.05, 4.69) is 5.32 Å². The van der Waals surface area contributed by atoms with Crippen LogP contribution in [-0.2, 0) is 29.4 Å². The van der Waals surface area contributed by atoms with Gasteiger partial charge in [0.1, 0.15) is 11.3 Å². The third-order valence-electron chi connectivity index (χ3n) is 7.51. The molecule has 1 heterocycles. The summed E-state index contributed by atoms with van der Waals surface area (Å²) in [5.74, 6) is -0.520. The van der Waals surface area contributed by atoms with Crippen LogP contribution in [0.2, 0.25) is 5.02 Å². The number of aliphatic carboxylic acids is 1. The predicted molar refractivity (Wildman–Crippen MR) is 158 cm³/mol. The van der Waals surface area contributed by atoms with Crippen molar-refractivity contribution in [1.82, 2.24) is 5.32 Å². The van der Waals surface area contributed by atoms with E-state index < -0.39 is 23.2 Å². The minimum atomic E-state index is -4.59. The first-order valence-electron chi connectivity index (χ1n) is 13.5. The van der Waals surface area contributed by atoms with E-state index in [0.717, 1.165) is 22.6 Å². The molecule has 4 nitrogen and oxygen atoms in total. The van der Waals surface area contributed by atoms with Crippen LogP contribution in [0.5, 0.6) is 0 Å². The molecule has 1 aromatic heterocycles. The van der Waals surface area contributed by atoms with Crippen LogP contribution in [0.1, 0.15) is 46.4 Å². The fraction of sp³-hybridized carbons (Fsp3) is 0.206. The van der Waals surface area contributed by atoms with Crippen LogP contribution in [0, 0.1) is 0 Å². The standard InChI is InChI=1S/C34H29ClF3NO3/c1-33(20-26-13-8-14-28(32(26)35)34(36,37)38,30-19-25-16-15-22(18-31(40)41)17-29(25)42-30)39-21-27(23-9-4-2-5-10-23)24-11-6-3-7-12-24/h2-17,19,27,39H,18,20-21H2,1H3,(H,40,41). The van der Waals surface area contributed by atoms with E-state index in [4.69, 9.17) is 16.0 Å². The first-order valence-corrected chi connectivity index (χ1v) is 13.9. The van der Waals surface area contributed by atoms with Crippen molar-refractivity contribution in [3.8, 4) is 0 Å². The summed E-state index contributed by atoms with van der Waals surface area (Å²) in [4.78, 5) is 11.3. The molecule has 0 radical (unpaired) electrons. The lowest BCUT2D eigenvalue weighted by Gasteiger charge is -2.32. The molecular weight excluding hydrogens is 563 g/mol. The van der Waals surface area contributed by atoms with Crippen molar-refractivity contribution in [2.75, 3.05) is 6.54 Å². The Kier molecular flexibility index (Phi) is 8.43. The maximum absolute atomic E-state index is 13.7. The van der Waals surface area contributed by atoms with Gasteiger partial charge in [0, 0.05) is 17.8 Å². The topological polar surface area (TPSA) is 62.5 Å². The Morgan fingerprint density at radius 2 is 1.55 bits per heavy atom. The molecule has 1 atom stereocenters. The average Bonchev–Trinajstić information content (AvgIpc) is 3.39. The highest BCUT2D eigenvalue weighted by Gasteiger charge is 2.37. The van der Waals surface area contributed by atoms with Crippen LogP contribution in [0.4, 0.5) is 13.2 Å². The number of alkyl halides is 3. The second-order valence-corrected chi connectivity index (χ2v) is 11.0. The lowest BCUT2D eigenvalue weighted by Crippen LogP contribution is -2.43. The van der Waals surface area contributed by atoms with Crippen LogP contribution in [0.15, 0.2) is 108 Å². The maximum atomic E-state index is 13.7. The molecule has 0 aliphatic rings. The maximum Gasteiger partial charge on any atom is 0.417 e. The number of rotatable bonds is 10. The lowest BCUT2D eigenvalue weighted by molar-refractivity contribution is -0.138. The Bertz CT molecular complexity index is 1650. The number of fused-ring (bicyclic) bond motifs is 1. The normalized spacial score (nSPS) is 13.4. The molecule has 0 aliphatic carbocycles. The third-order valence-corrected chi connectivity index (χ3v) is 7.96. The van der Waals surface area contributed by atoms with E-state index in [-0.39, 0.29) is 23.8 Å². The fourth-order valence-electron chi connectivity index (χ4n) is 5.31. The SMILES string of the molecule is CC(Cc1cccc(C(F)(F)F)c1Cl)(NCC(c1ccccc1)c1ccccc1)c1cc2ccc(CC(=O)O)cc2o1. The van der Waals surface area contributed by atoms with Crippen molar-refractivity contribution in [2.45, 2.75) is 37.4 Å². The molecule has 0 fully saturated rings. The second-order valence-electron chi connectivity index (χ2n) is 10.6. The molecule has 42 heavy (non-hydrogen) atoms. The minimum absolute atomic E-state index is 0.0600. The van der Waals surface area contributed by atoms with Crippen LogP contribution in [0.3, 0.4) is 0 Å². The summed E-state index contributed by atoms with van der Waals surface area (Å²) in [5.41, 5.74) is 1.69. The van der Waals surface area contributed by atoms with Gasteiger partial charge >= 0.3 is 12.1 Å². The first kappa shape index (κ1) is 29.4. The Morgan fingerprint density at radius 3 is 2.14 bits per heavy atom. The summed E-state index contributed by atoms with van der Waals surface area (Å²) in [6.45, 7) is 2.33. The van der Waals surface area contributed by atoms with Crippen molar-refractivity contribution < 1.29 is 27.5 Å². The van der Waals surface area contributed by atoms with E-state index in [0.29, 0.717) is 29.0 Å². The van der Waals surface area contributed by atoms with E-state index >= 15 is 0 Å². The molecule has 5 rings (SSSR count). The predicted octanol–water partition coefficient (Wildman–Crippen LogP) is 8.61. The molecular formula is C34H29ClF3NO3. The van der Waals surface area contributed by atoms with Crippen LogP contribution < -0.4 is 5.32 Å². The summed E-state index contributed by atoms with van der Waals surface area (Å²) in [7, 11) is 0. The molecule has 8 heteroatoms. The van der Waals surface area contributed by atoms with Crippen molar-refractivity contribution in [2.24, 2.45) is 0 Å². The highest BCUT2D eigenvalue weighted by molar-refractivity contribution is 6.32. The molecule has 0 amide bonds. The van der Waals surface area contributed by atoms with E-state index in [1.54, 1.807) is 24.3 Å². The quantitative estimate of drug-likeness (QED) is 0.171. The lowest BCUT2D eigenvalue weighted by atomic mass is 9.86. The van der Waals surface area contributed by atoms with Gasteiger partial charge in [-0.3, -0.25) is 4.79 Å². The molecule has 5 aromatic rings. The first-order chi connectivity index (χ1) is 20.0. The van der Waals surface area contributed by atoms with Crippen molar-refractivity contribution in [3.05, 3.63) is 142 Å². The summed E-state index contributed by atoms with van der Waals surface area (Å²) >= 11 is 6.36. The second kappa shape index (κ2) is 12.0. The molecule has 216 valence electrons. The zero-order valence-corrected chi connectivity index (χ0v) is 23.5. The van der Waals surface area contributed by atoms with E-state index in [1.165, 1.54) is 6.07 Å². The van der Waals surface area contributed by atoms with Gasteiger partial charge in [0.15, 0.2) is 0 Å². The van der Waals surface area contributed by atoms with Crippen LogP contribution in [-0.4, -0.2) is 17.6 Å². The number of benzene rings is 4. The van der Waals surface area contributed by atoms with Gasteiger partial charge in [-0.05, 0) is 53.8 Å². The summed E-state index contributed by atoms with van der Waals surface area (Å²) in [5, 5.41) is 13.3. The Morgan fingerprint density at radius 1 is 0.905 bits per heavy atom. The number of halogens is 4. The molecule has 0 bridgehead atoms. The van der Waals surface area contributed by atoms with Gasteiger partial charge in [0.05, 0.1) is 22.5 Å². The number of furan rings is 1. The van der Waals surface area contributed by atoms with Gasteiger partial charge in [0.2, 0.25) is 0 Å². The fourth-order valence-corrected chi connectivity index (χ4v) is 5.61. The van der Waals surface area contributed by atoms with Gasteiger partial charge in [-0.2, -0.15) is 13.2 Å². The molecule has 0 aliphatic heterocycles. The summed E-state index contributed by atoms with van der Waals surface area (Å²) < 4.78 is 47.5. The van der Waals surface area contributed by atoms with Crippen molar-refractivity contribution in [3.63, 3.8) is 0 Å².